The Morgan fingerprint density at radius 2 is 2.18 bits per heavy atom. The highest BCUT2D eigenvalue weighted by Crippen LogP contribution is 2.34. The molecule has 0 radical (unpaired) electrons. The Kier molecular flexibility index (Phi) is 1.60. The number of imidazole rings is 1. The Labute approximate surface area is 98.7 Å². The quantitative estimate of drug-likeness (QED) is 0.587. The van der Waals surface area contributed by atoms with Gasteiger partial charge in [0.15, 0.2) is 0 Å². The number of fused-ring (bicyclic) bond motifs is 5. The molecule has 0 fully saturated rings. The Hall–Kier alpha value is -2.03. The normalized spacial score (nSPS) is 13.7. The van der Waals surface area contributed by atoms with Crippen LogP contribution in [0.3, 0.4) is 0 Å². The maximum atomic E-state index is 5.48. The predicted octanol–water partition coefficient (Wildman–Crippen LogP) is 3.00. The molecule has 0 amide bonds. The average molecular weight is 224 g/mol. The van der Waals surface area contributed by atoms with Crippen molar-refractivity contribution in [2.75, 3.05) is 0 Å². The summed E-state index contributed by atoms with van der Waals surface area (Å²) in [5, 5.41) is 0. The van der Waals surface area contributed by atoms with Crippen LogP contribution in [-0.4, -0.2) is 9.38 Å². The topological polar surface area (TPSA) is 30.4 Å². The van der Waals surface area contributed by atoms with E-state index in [-0.39, 0.29) is 0 Å². The van der Waals surface area contributed by atoms with Gasteiger partial charge < -0.3 is 8.82 Å². The summed E-state index contributed by atoms with van der Waals surface area (Å²) in [6, 6.07) is 6.20. The predicted molar refractivity (Wildman–Crippen MR) is 65.0 cm³/mol. The van der Waals surface area contributed by atoms with E-state index < -0.39 is 0 Å². The summed E-state index contributed by atoms with van der Waals surface area (Å²) in [5.74, 6) is 1.07. The monoisotopic (exact) mass is 224 g/mol. The lowest BCUT2D eigenvalue weighted by molar-refractivity contribution is 0.505. The van der Waals surface area contributed by atoms with Gasteiger partial charge in [-0.05, 0) is 31.0 Å². The molecule has 4 rings (SSSR count). The van der Waals surface area contributed by atoms with E-state index in [9.17, 15) is 0 Å². The van der Waals surface area contributed by atoms with E-state index in [1.54, 1.807) is 6.26 Å². The van der Waals surface area contributed by atoms with Crippen LogP contribution in [0.5, 0.6) is 0 Å². The van der Waals surface area contributed by atoms with Gasteiger partial charge in [-0.25, -0.2) is 4.98 Å². The fourth-order valence-corrected chi connectivity index (χ4v) is 2.63. The third kappa shape index (κ3) is 1.14. The second-order valence-electron chi connectivity index (χ2n) is 4.60. The van der Waals surface area contributed by atoms with Crippen molar-refractivity contribution in [1.82, 2.24) is 9.38 Å². The number of hydrogen-bond acceptors (Lipinski definition) is 2. The fourth-order valence-electron chi connectivity index (χ4n) is 2.63. The first-order valence-corrected chi connectivity index (χ1v) is 5.87. The highest BCUT2D eigenvalue weighted by atomic mass is 16.3. The first-order chi connectivity index (χ1) is 8.33. The Morgan fingerprint density at radius 3 is 3.12 bits per heavy atom. The van der Waals surface area contributed by atoms with Gasteiger partial charge in [0.2, 0.25) is 0 Å². The lowest BCUT2D eigenvalue weighted by Crippen LogP contribution is -2.03. The van der Waals surface area contributed by atoms with Crippen LogP contribution < -0.4 is 0 Å². The molecule has 0 aromatic carbocycles. The van der Waals surface area contributed by atoms with E-state index in [4.69, 9.17) is 9.40 Å². The number of pyridine rings is 1. The van der Waals surface area contributed by atoms with Crippen molar-refractivity contribution in [3.05, 3.63) is 47.7 Å². The molecule has 0 N–H and O–H groups in total. The standard InChI is InChI=1S/C14H12N2O/c1-9-2-5-13-15-14-10-6-7-17-12(10)4-3-11(14)16(13)8-9/h2,5-8H,3-4H2,1H3. The minimum absolute atomic E-state index is 0.969. The molecule has 0 bridgehead atoms. The van der Waals surface area contributed by atoms with Crippen molar-refractivity contribution in [2.24, 2.45) is 0 Å². The second-order valence-corrected chi connectivity index (χ2v) is 4.60. The van der Waals surface area contributed by atoms with Crippen molar-refractivity contribution in [1.29, 1.82) is 0 Å². The van der Waals surface area contributed by atoms with E-state index >= 15 is 0 Å². The minimum atomic E-state index is 0.969. The van der Waals surface area contributed by atoms with E-state index in [0.29, 0.717) is 0 Å². The van der Waals surface area contributed by atoms with E-state index in [1.807, 2.05) is 6.07 Å². The summed E-state index contributed by atoms with van der Waals surface area (Å²) >= 11 is 0. The number of nitrogens with zero attached hydrogens (tertiary/aromatic N) is 2. The van der Waals surface area contributed by atoms with Gasteiger partial charge in [0, 0.05) is 18.2 Å². The molecule has 17 heavy (non-hydrogen) atoms. The maximum Gasteiger partial charge on any atom is 0.137 e. The van der Waals surface area contributed by atoms with Gasteiger partial charge in [0.1, 0.15) is 11.4 Å². The largest absolute Gasteiger partial charge is 0.469 e. The van der Waals surface area contributed by atoms with Crippen LogP contribution in [0, 0.1) is 6.92 Å². The molecule has 3 aromatic rings. The molecular weight excluding hydrogens is 212 g/mol. The van der Waals surface area contributed by atoms with Gasteiger partial charge >= 0.3 is 0 Å². The third-order valence-corrected chi connectivity index (χ3v) is 3.45. The molecule has 1 aliphatic rings. The van der Waals surface area contributed by atoms with Crippen LogP contribution in [0.1, 0.15) is 17.0 Å². The summed E-state index contributed by atoms with van der Waals surface area (Å²) in [6.07, 6.45) is 5.89. The van der Waals surface area contributed by atoms with Gasteiger partial charge in [-0.3, -0.25) is 0 Å². The molecule has 84 valence electrons. The molecule has 3 heteroatoms. The van der Waals surface area contributed by atoms with E-state index in [1.165, 1.54) is 11.3 Å². The van der Waals surface area contributed by atoms with Crippen molar-refractivity contribution in [3.63, 3.8) is 0 Å². The van der Waals surface area contributed by atoms with Crippen LogP contribution in [0.15, 0.2) is 35.1 Å². The molecule has 3 aromatic heterocycles. The van der Waals surface area contributed by atoms with Crippen molar-refractivity contribution < 1.29 is 4.42 Å². The fraction of sp³-hybridized carbons (Fsp3) is 0.214. The molecule has 0 atom stereocenters. The van der Waals surface area contributed by atoms with Crippen molar-refractivity contribution >= 4 is 5.65 Å². The average Bonchev–Trinajstić information content (AvgIpc) is 2.91. The van der Waals surface area contributed by atoms with Crippen molar-refractivity contribution in [2.45, 2.75) is 19.8 Å². The van der Waals surface area contributed by atoms with Gasteiger partial charge in [0.05, 0.1) is 17.7 Å². The molecule has 0 aliphatic heterocycles. The molecule has 0 saturated carbocycles. The lowest BCUT2D eigenvalue weighted by Gasteiger charge is -2.10. The van der Waals surface area contributed by atoms with E-state index in [2.05, 4.69) is 29.7 Å². The molecule has 1 aliphatic carbocycles. The number of aromatic nitrogens is 2. The Morgan fingerprint density at radius 1 is 1.24 bits per heavy atom. The zero-order valence-corrected chi connectivity index (χ0v) is 9.60. The molecule has 3 nitrogen and oxygen atoms in total. The smallest absolute Gasteiger partial charge is 0.137 e. The highest BCUT2D eigenvalue weighted by Gasteiger charge is 2.23. The van der Waals surface area contributed by atoms with Crippen LogP contribution in [-0.2, 0) is 12.8 Å². The third-order valence-electron chi connectivity index (χ3n) is 3.45. The summed E-state index contributed by atoms with van der Waals surface area (Å²) in [7, 11) is 0. The molecule has 0 unspecified atom stereocenters. The van der Waals surface area contributed by atoms with Crippen LogP contribution in [0.4, 0.5) is 0 Å². The Bertz CT molecular complexity index is 721. The van der Waals surface area contributed by atoms with E-state index in [0.717, 1.165) is 35.5 Å². The number of aryl methyl sites for hydroxylation is 3. The minimum Gasteiger partial charge on any atom is -0.469 e. The van der Waals surface area contributed by atoms with Gasteiger partial charge in [0.25, 0.3) is 0 Å². The maximum absolute atomic E-state index is 5.48. The molecule has 3 heterocycles. The summed E-state index contributed by atoms with van der Waals surface area (Å²) in [6.45, 7) is 2.11. The second kappa shape index (κ2) is 3.00. The first-order valence-electron chi connectivity index (χ1n) is 5.87. The van der Waals surface area contributed by atoms with Gasteiger partial charge in [-0.15, -0.1) is 0 Å². The zero-order valence-electron chi connectivity index (χ0n) is 9.60. The van der Waals surface area contributed by atoms with Crippen LogP contribution in [0.25, 0.3) is 16.9 Å². The van der Waals surface area contributed by atoms with Gasteiger partial charge in [-0.2, -0.15) is 0 Å². The lowest BCUT2D eigenvalue weighted by atomic mass is 9.99. The van der Waals surface area contributed by atoms with Crippen LogP contribution >= 0.6 is 0 Å². The summed E-state index contributed by atoms with van der Waals surface area (Å²) in [5.41, 5.74) is 5.83. The number of furan rings is 1. The molecular formula is C14H12N2O. The SMILES string of the molecule is Cc1ccc2nc3c(n2c1)CCc1occc1-3. The summed E-state index contributed by atoms with van der Waals surface area (Å²) < 4.78 is 7.69. The summed E-state index contributed by atoms with van der Waals surface area (Å²) in [4.78, 5) is 4.71. The number of hydrogen-bond donors (Lipinski definition) is 0. The van der Waals surface area contributed by atoms with Gasteiger partial charge in [-0.1, -0.05) is 6.07 Å². The molecule has 0 spiro atoms. The highest BCUT2D eigenvalue weighted by molar-refractivity contribution is 5.70. The molecule has 0 saturated heterocycles. The van der Waals surface area contributed by atoms with Crippen LogP contribution in [0.2, 0.25) is 0 Å². The number of rotatable bonds is 0. The van der Waals surface area contributed by atoms with Crippen molar-refractivity contribution in [3.8, 4) is 11.3 Å². The zero-order chi connectivity index (χ0) is 11.4. The first kappa shape index (κ1) is 9.05. The Balaban J connectivity index is 2.10.